The van der Waals surface area contributed by atoms with E-state index in [1.54, 1.807) is 76.9 Å². The van der Waals surface area contributed by atoms with Crippen LogP contribution in [-0.2, 0) is 16.1 Å². The molecule has 43 heavy (non-hydrogen) atoms. The molecule has 230 valence electrons. The molecule has 0 radical (unpaired) electrons. The molecule has 0 atom stereocenters. The maximum Gasteiger partial charge on any atom is 0.414 e. The second-order valence-electron chi connectivity index (χ2n) is 10.5. The Morgan fingerprint density at radius 2 is 1.79 bits per heavy atom. The molecule has 0 spiro atoms. The fourth-order valence-corrected chi connectivity index (χ4v) is 4.62. The number of halogens is 1. The number of aryl methyl sites for hydroxylation is 2. The summed E-state index contributed by atoms with van der Waals surface area (Å²) in [7, 11) is 1.56. The van der Waals surface area contributed by atoms with Gasteiger partial charge in [-0.25, -0.2) is 9.79 Å². The number of carbonyl (C=O) groups is 3. The standard InChI is InChI=1S/C30H36ClN5O6S/c1-17-14-19(15-22(31)25(17)33-23(37)12-13-43-7)16-32-28(35-29(39)41-30(3,4)5)34-27(38)24-18(2)42-36-26(24)20-8-10-21(40-6)11-9-20/h8-11,14-15H,12-13,16H2,1-7H3,(H,33,37)(H2,32,34,35,38,39). The third-order valence-electron chi connectivity index (χ3n) is 5.87. The molecule has 0 unspecified atom stereocenters. The molecule has 3 amide bonds. The number of nitrogens with zero attached hydrogens (tertiary/aromatic N) is 2. The van der Waals surface area contributed by atoms with Crippen molar-refractivity contribution in [2.24, 2.45) is 4.99 Å². The van der Waals surface area contributed by atoms with Crippen molar-refractivity contribution in [3.8, 4) is 17.0 Å². The van der Waals surface area contributed by atoms with Crippen molar-refractivity contribution in [1.82, 2.24) is 15.8 Å². The van der Waals surface area contributed by atoms with Crippen LogP contribution >= 0.6 is 23.4 Å². The Morgan fingerprint density at radius 3 is 2.40 bits per heavy atom. The minimum atomic E-state index is -0.804. The molecule has 0 saturated carbocycles. The molecule has 3 rings (SSSR count). The third-order valence-corrected chi connectivity index (χ3v) is 6.78. The topological polar surface area (TPSA) is 144 Å². The molecule has 0 bridgehead atoms. The van der Waals surface area contributed by atoms with Crippen LogP contribution in [-0.4, -0.2) is 53.7 Å². The van der Waals surface area contributed by atoms with Crippen LogP contribution in [0.5, 0.6) is 5.75 Å². The van der Waals surface area contributed by atoms with Gasteiger partial charge < -0.3 is 19.3 Å². The minimum absolute atomic E-state index is 0.0423. The van der Waals surface area contributed by atoms with Crippen molar-refractivity contribution in [2.45, 2.75) is 53.2 Å². The van der Waals surface area contributed by atoms with Crippen molar-refractivity contribution in [1.29, 1.82) is 0 Å². The Balaban J connectivity index is 1.88. The molecule has 2 aromatic carbocycles. The summed E-state index contributed by atoms with van der Waals surface area (Å²) >= 11 is 8.08. The number of hydrogen-bond donors (Lipinski definition) is 3. The SMILES string of the molecule is COc1ccc(-c2noc(C)c2C(=O)NC(=NCc2cc(C)c(NC(=O)CCSC)c(Cl)c2)NC(=O)OC(C)(C)C)cc1. The van der Waals surface area contributed by atoms with E-state index in [1.807, 2.05) is 19.2 Å². The predicted molar refractivity (Wildman–Crippen MR) is 169 cm³/mol. The largest absolute Gasteiger partial charge is 0.497 e. The van der Waals surface area contributed by atoms with Gasteiger partial charge in [-0.15, -0.1) is 0 Å². The number of methoxy groups -OCH3 is 1. The highest BCUT2D eigenvalue weighted by Crippen LogP contribution is 2.29. The van der Waals surface area contributed by atoms with Gasteiger partial charge in [0.1, 0.15) is 28.4 Å². The smallest absolute Gasteiger partial charge is 0.414 e. The first-order valence-corrected chi connectivity index (χ1v) is 15.1. The molecule has 0 fully saturated rings. The summed E-state index contributed by atoms with van der Waals surface area (Å²) in [6, 6.07) is 10.5. The number of aliphatic imine (C=N–C) groups is 1. The molecule has 11 nitrogen and oxygen atoms in total. The maximum absolute atomic E-state index is 13.5. The highest BCUT2D eigenvalue weighted by molar-refractivity contribution is 7.98. The lowest BCUT2D eigenvalue weighted by Gasteiger charge is -2.20. The fourth-order valence-electron chi connectivity index (χ4n) is 3.90. The third kappa shape index (κ3) is 9.75. The van der Waals surface area contributed by atoms with Crippen molar-refractivity contribution in [2.75, 3.05) is 24.4 Å². The summed E-state index contributed by atoms with van der Waals surface area (Å²) < 4.78 is 15.9. The first kappa shape index (κ1) is 33.5. The zero-order valence-electron chi connectivity index (χ0n) is 25.2. The van der Waals surface area contributed by atoms with E-state index >= 15 is 0 Å². The molecule has 0 aliphatic carbocycles. The zero-order chi connectivity index (χ0) is 31.7. The quantitative estimate of drug-likeness (QED) is 0.190. The second kappa shape index (κ2) is 14.9. The summed E-state index contributed by atoms with van der Waals surface area (Å²) in [5, 5.41) is 12.4. The van der Waals surface area contributed by atoms with E-state index in [9.17, 15) is 14.4 Å². The summed E-state index contributed by atoms with van der Waals surface area (Å²) in [5.41, 5.74) is 2.28. The Hall–Kier alpha value is -4.03. The van der Waals surface area contributed by atoms with Crippen LogP contribution < -0.4 is 20.7 Å². The number of alkyl carbamates (subject to hydrolysis) is 1. The Morgan fingerprint density at radius 1 is 1.09 bits per heavy atom. The number of hydrogen-bond acceptors (Lipinski definition) is 9. The summed E-state index contributed by atoms with van der Waals surface area (Å²) in [6.07, 6.45) is 1.50. The van der Waals surface area contributed by atoms with Gasteiger partial charge in [-0.1, -0.05) is 22.8 Å². The summed E-state index contributed by atoms with van der Waals surface area (Å²) in [5.74, 6) is 0.741. The van der Waals surface area contributed by atoms with Gasteiger partial charge >= 0.3 is 6.09 Å². The number of carbonyl (C=O) groups excluding carboxylic acids is 3. The van der Waals surface area contributed by atoms with E-state index in [-0.39, 0.29) is 29.7 Å². The molecule has 0 aliphatic rings. The number of anilines is 1. The number of guanidine groups is 1. The van der Waals surface area contributed by atoms with Gasteiger partial charge in [-0.05, 0) is 82.3 Å². The van der Waals surface area contributed by atoms with Gasteiger partial charge in [0.05, 0.1) is 24.4 Å². The van der Waals surface area contributed by atoms with Crippen LogP contribution in [0.4, 0.5) is 10.5 Å². The number of benzene rings is 2. The minimum Gasteiger partial charge on any atom is -0.497 e. The summed E-state index contributed by atoms with van der Waals surface area (Å²) in [4.78, 5) is 42.8. The van der Waals surface area contributed by atoms with Crippen LogP contribution in [0.25, 0.3) is 11.3 Å². The molecule has 3 aromatic rings. The normalized spacial score (nSPS) is 11.6. The van der Waals surface area contributed by atoms with Crippen molar-refractivity contribution < 1.29 is 28.4 Å². The van der Waals surface area contributed by atoms with Gasteiger partial charge in [-0.3, -0.25) is 20.2 Å². The fraction of sp³-hybridized carbons (Fsp3) is 0.367. The summed E-state index contributed by atoms with van der Waals surface area (Å²) in [6.45, 7) is 8.63. The van der Waals surface area contributed by atoms with E-state index in [0.29, 0.717) is 45.5 Å². The molecular weight excluding hydrogens is 594 g/mol. The van der Waals surface area contributed by atoms with E-state index in [0.717, 1.165) is 5.56 Å². The number of thioether (sulfide) groups is 1. The van der Waals surface area contributed by atoms with Crippen LogP contribution in [0.1, 0.15) is 54.4 Å². The average Bonchev–Trinajstić information content (AvgIpc) is 3.32. The average molecular weight is 630 g/mol. The number of nitrogens with one attached hydrogen (secondary N) is 3. The number of aromatic nitrogens is 1. The van der Waals surface area contributed by atoms with Gasteiger partial charge in [0.15, 0.2) is 0 Å². The highest BCUT2D eigenvalue weighted by Gasteiger charge is 2.24. The molecule has 13 heteroatoms. The van der Waals surface area contributed by atoms with Gasteiger partial charge in [0.2, 0.25) is 11.9 Å². The van der Waals surface area contributed by atoms with Crippen molar-refractivity contribution in [3.63, 3.8) is 0 Å². The zero-order valence-corrected chi connectivity index (χ0v) is 26.8. The molecular formula is C30H36ClN5O6S. The lowest BCUT2D eigenvalue weighted by molar-refractivity contribution is -0.115. The molecule has 3 N–H and O–H groups in total. The lowest BCUT2D eigenvalue weighted by Crippen LogP contribution is -2.46. The Bertz CT molecular complexity index is 1470. The monoisotopic (exact) mass is 629 g/mol. The first-order chi connectivity index (χ1) is 20.3. The second-order valence-corrected chi connectivity index (χ2v) is 11.9. The van der Waals surface area contributed by atoms with Gasteiger partial charge in [0, 0.05) is 17.7 Å². The Kier molecular flexibility index (Phi) is 11.6. The molecule has 1 heterocycles. The molecule has 0 saturated heterocycles. The van der Waals surface area contributed by atoms with Crippen LogP contribution in [0.2, 0.25) is 5.02 Å². The van der Waals surface area contributed by atoms with Crippen LogP contribution in [0.3, 0.4) is 0 Å². The van der Waals surface area contributed by atoms with E-state index < -0.39 is 17.6 Å². The number of ether oxygens (including phenoxy) is 2. The van der Waals surface area contributed by atoms with Crippen LogP contribution in [0, 0.1) is 13.8 Å². The van der Waals surface area contributed by atoms with Crippen molar-refractivity contribution >= 4 is 52.9 Å². The van der Waals surface area contributed by atoms with E-state index in [2.05, 4.69) is 26.1 Å². The van der Waals surface area contributed by atoms with Gasteiger partial charge in [0.25, 0.3) is 5.91 Å². The highest BCUT2D eigenvalue weighted by atomic mass is 35.5. The predicted octanol–water partition coefficient (Wildman–Crippen LogP) is 6.12. The number of rotatable bonds is 9. The lowest BCUT2D eigenvalue weighted by atomic mass is 10.1. The van der Waals surface area contributed by atoms with Crippen LogP contribution in [0.15, 0.2) is 45.9 Å². The first-order valence-electron chi connectivity index (χ1n) is 13.4. The Labute approximate surface area is 260 Å². The van der Waals surface area contributed by atoms with E-state index in [1.165, 1.54) is 0 Å². The van der Waals surface area contributed by atoms with E-state index in [4.69, 9.17) is 25.6 Å². The molecule has 1 aromatic heterocycles. The van der Waals surface area contributed by atoms with Crippen molar-refractivity contribution in [3.05, 3.63) is 63.9 Å². The number of amides is 3. The van der Waals surface area contributed by atoms with Gasteiger partial charge in [-0.2, -0.15) is 11.8 Å². The maximum atomic E-state index is 13.5. The molecule has 0 aliphatic heterocycles.